The lowest BCUT2D eigenvalue weighted by atomic mass is 9.70. The molecular formula is C25H27BN2O2. The Balaban J connectivity index is 1.42. The van der Waals surface area contributed by atoms with Crippen LogP contribution in [-0.2, 0) is 0 Å². The molecule has 30 heavy (non-hydrogen) atoms. The summed E-state index contributed by atoms with van der Waals surface area (Å²) in [7, 11) is 2.35. The van der Waals surface area contributed by atoms with Gasteiger partial charge in [-0.15, -0.1) is 0 Å². The minimum absolute atomic E-state index is 0.337. The number of rotatable bonds is 4. The zero-order valence-electron chi connectivity index (χ0n) is 17.3. The molecule has 152 valence electrons. The summed E-state index contributed by atoms with van der Waals surface area (Å²) in [5.41, 5.74) is 16.4. The van der Waals surface area contributed by atoms with Gasteiger partial charge in [-0.2, -0.15) is 0 Å². The third-order valence-electron chi connectivity index (χ3n) is 6.01. The van der Waals surface area contributed by atoms with Crippen LogP contribution in [0.15, 0.2) is 66.7 Å². The largest absolute Gasteiger partial charge is 0.423 e. The number of nitrogens with two attached hydrogens (primary N) is 2. The Morgan fingerprint density at radius 3 is 1.90 bits per heavy atom. The van der Waals surface area contributed by atoms with Gasteiger partial charge in [-0.05, 0) is 65.8 Å². The zero-order valence-corrected chi connectivity index (χ0v) is 17.3. The first-order chi connectivity index (χ1) is 14.5. The predicted molar refractivity (Wildman–Crippen MR) is 126 cm³/mol. The maximum Gasteiger partial charge on any atom is 0.343 e. The highest BCUT2D eigenvalue weighted by Crippen LogP contribution is 2.37. The van der Waals surface area contributed by atoms with Gasteiger partial charge in [-0.1, -0.05) is 55.1 Å². The molecule has 3 aromatic carbocycles. The number of anilines is 2. The summed E-state index contributed by atoms with van der Waals surface area (Å²) in [6.07, 6.45) is 5.24. The number of ether oxygens (including phenoxy) is 1. The van der Waals surface area contributed by atoms with Gasteiger partial charge in [0.1, 0.15) is 13.6 Å². The molecule has 0 spiro atoms. The molecule has 4 N–H and O–H groups in total. The summed E-state index contributed by atoms with van der Waals surface area (Å²) < 4.78 is 5.46. The standard InChI is InChI=1S/C25H27BN2O2/c26-21-9-5-18(6-10-21)16-1-3-17(4-2-16)19-7-11-24(12-8-19)30-25(29)20-13-22(27)15-23(28)14-20/h1-4,7-8,11-15,18,21H,5-6,9-10,26-28H2. The molecule has 0 bridgehead atoms. The molecule has 3 aromatic rings. The van der Waals surface area contributed by atoms with Gasteiger partial charge < -0.3 is 16.2 Å². The van der Waals surface area contributed by atoms with E-state index in [1.807, 2.05) is 12.1 Å². The van der Waals surface area contributed by atoms with E-state index < -0.39 is 5.97 Å². The highest BCUT2D eigenvalue weighted by atomic mass is 16.5. The van der Waals surface area contributed by atoms with Crippen molar-refractivity contribution in [2.45, 2.75) is 37.4 Å². The topological polar surface area (TPSA) is 78.3 Å². The quantitative estimate of drug-likeness (QED) is 0.286. The minimum Gasteiger partial charge on any atom is -0.423 e. The van der Waals surface area contributed by atoms with E-state index in [1.165, 1.54) is 31.2 Å². The van der Waals surface area contributed by atoms with Crippen LogP contribution in [0, 0.1) is 0 Å². The molecule has 0 aliphatic heterocycles. The first kappa shape index (κ1) is 20.1. The van der Waals surface area contributed by atoms with Crippen LogP contribution in [-0.4, -0.2) is 13.8 Å². The lowest BCUT2D eigenvalue weighted by Gasteiger charge is -2.26. The van der Waals surface area contributed by atoms with Crippen LogP contribution in [0.4, 0.5) is 11.4 Å². The Morgan fingerprint density at radius 1 is 0.800 bits per heavy atom. The van der Waals surface area contributed by atoms with Crippen LogP contribution >= 0.6 is 0 Å². The smallest absolute Gasteiger partial charge is 0.343 e. The SMILES string of the molecule is BC1CCC(c2ccc(-c3ccc(OC(=O)c4cc(N)cc(N)c4)cc3)cc2)CC1. The molecule has 0 heterocycles. The molecule has 0 aromatic heterocycles. The fourth-order valence-electron chi connectivity index (χ4n) is 4.22. The molecule has 1 fully saturated rings. The zero-order chi connectivity index (χ0) is 21.1. The summed E-state index contributed by atoms with van der Waals surface area (Å²) in [5, 5.41) is 0. The Hall–Kier alpha value is -3.21. The summed E-state index contributed by atoms with van der Waals surface area (Å²) in [4.78, 5) is 12.3. The summed E-state index contributed by atoms with van der Waals surface area (Å²) >= 11 is 0. The van der Waals surface area contributed by atoms with Crippen LogP contribution in [0.1, 0.15) is 47.5 Å². The number of esters is 1. The average Bonchev–Trinajstić information content (AvgIpc) is 2.74. The van der Waals surface area contributed by atoms with E-state index in [2.05, 4.69) is 32.1 Å². The average molecular weight is 398 g/mol. The van der Waals surface area contributed by atoms with E-state index >= 15 is 0 Å². The summed E-state index contributed by atoms with van der Waals surface area (Å²) in [5.74, 6) is 1.56. The molecule has 0 saturated heterocycles. The molecule has 1 aliphatic carbocycles. The van der Waals surface area contributed by atoms with Crippen molar-refractivity contribution in [1.82, 2.24) is 0 Å². The third-order valence-corrected chi connectivity index (χ3v) is 6.01. The molecule has 0 radical (unpaired) electrons. The van der Waals surface area contributed by atoms with E-state index in [4.69, 9.17) is 16.2 Å². The van der Waals surface area contributed by atoms with Crippen molar-refractivity contribution in [3.8, 4) is 16.9 Å². The molecular weight excluding hydrogens is 371 g/mol. The van der Waals surface area contributed by atoms with Gasteiger partial charge >= 0.3 is 5.97 Å². The van der Waals surface area contributed by atoms with Crippen LogP contribution in [0.5, 0.6) is 5.75 Å². The first-order valence-electron chi connectivity index (χ1n) is 10.6. The van der Waals surface area contributed by atoms with Gasteiger partial charge in [0.2, 0.25) is 0 Å². The van der Waals surface area contributed by atoms with Gasteiger partial charge in [-0.25, -0.2) is 4.79 Å². The molecule has 0 amide bonds. The fraction of sp³-hybridized carbons (Fsp3) is 0.240. The van der Waals surface area contributed by atoms with Crippen molar-refractivity contribution < 1.29 is 9.53 Å². The maximum absolute atomic E-state index is 12.3. The third kappa shape index (κ3) is 4.68. The van der Waals surface area contributed by atoms with Gasteiger partial charge in [0, 0.05) is 11.4 Å². The Bertz CT molecular complexity index is 1000. The number of nitrogen functional groups attached to an aromatic ring is 2. The number of hydrogen-bond donors (Lipinski definition) is 2. The minimum atomic E-state index is -0.479. The van der Waals surface area contributed by atoms with Crippen LogP contribution < -0.4 is 16.2 Å². The Morgan fingerprint density at radius 2 is 1.33 bits per heavy atom. The van der Waals surface area contributed by atoms with Gasteiger partial charge in [0.05, 0.1) is 5.56 Å². The number of hydrogen-bond acceptors (Lipinski definition) is 4. The lowest BCUT2D eigenvalue weighted by Crippen LogP contribution is -2.09. The van der Waals surface area contributed by atoms with E-state index in [-0.39, 0.29) is 0 Å². The maximum atomic E-state index is 12.3. The van der Waals surface area contributed by atoms with Crippen molar-refractivity contribution >= 4 is 25.2 Å². The molecule has 0 unspecified atom stereocenters. The van der Waals surface area contributed by atoms with Crippen molar-refractivity contribution in [1.29, 1.82) is 0 Å². The van der Waals surface area contributed by atoms with Crippen molar-refractivity contribution in [2.75, 3.05) is 11.5 Å². The van der Waals surface area contributed by atoms with E-state index in [0.29, 0.717) is 28.6 Å². The lowest BCUT2D eigenvalue weighted by molar-refractivity contribution is 0.0735. The molecule has 1 aliphatic rings. The second-order valence-corrected chi connectivity index (χ2v) is 8.38. The highest BCUT2D eigenvalue weighted by molar-refractivity contribution is 6.11. The molecule has 4 nitrogen and oxygen atoms in total. The fourth-order valence-corrected chi connectivity index (χ4v) is 4.22. The van der Waals surface area contributed by atoms with Crippen molar-refractivity contribution in [3.05, 3.63) is 77.9 Å². The van der Waals surface area contributed by atoms with E-state index in [1.54, 1.807) is 30.3 Å². The summed E-state index contributed by atoms with van der Waals surface area (Å²) in [6, 6.07) is 21.1. The van der Waals surface area contributed by atoms with Gasteiger partial charge in [0.25, 0.3) is 0 Å². The van der Waals surface area contributed by atoms with E-state index in [9.17, 15) is 4.79 Å². The van der Waals surface area contributed by atoms with Crippen molar-refractivity contribution in [2.24, 2.45) is 0 Å². The second-order valence-electron chi connectivity index (χ2n) is 8.38. The molecule has 5 heteroatoms. The molecule has 4 rings (SSSR count). The highest BCUT2D eigenvalue weighted by Gasteiger charge is 2.19. The number of benzene rings is 3. The normalized spacial score (nSPS) is 18.7. The molecule has 0 atom stereocenters. The predicted octanol–water partition coefficient (Wildman–Crippen LogP) is 4.82. The number of carbonyl (C=O) groups excluding carboxylic acids is 1. The van der Waals surface area contributed by atoms with Crippen LogP contribution in [0.3, 0.4) is 0 Å². The second kappa shape index (κ2) is 8.66. The van der Waals surface area contributed by atoms with Crippen LogP contribution in [0.2, 0.25) is 5.82 Å². The Labute approximate surface area is 178 Å². The van der Waals surface area contributed by atoms with Crippen molar-refractivity contribution in [3.63, 3.8) is 0 Å². The monoisotopic (exact) mass is 398 g/mol. The number of carbonyl (C=O) groups is 1. The Kier molecular flexibility index (Phi) is 5.80. The van der Waals surface area contributed by atoms with Gasteiger partial charge in [0.15, 0.2) is 0 Å². The first-order valence-corrected chi connectivity index (χ1v) is 10.6. The summed E-state index contributed by atoms with van der Waals surface area (Å²) in [6.45, 7) is 0. The van der Waals surface area contributed by atoms with E-state index in [0.717, 1.165) is 16.9 Å². The molecule has 1 saturated carbocycles. The van der Waals surface area contributed by atoms with Crippen LogP contribution in [0.25, 0.3) is 11.1 Å². The van der Waals surface area contributed by atoms with Gasteiger partial charge in [-0.3, -0.25) is 0 Å².